The fourth-order valence-electron chi connectivity index (χ4n) is 3.59. The Morgan fingerprint density at radius 3 is 2.56 bits per heavy atom. The molecule has 25 heavy (non-hydrogen) atoms. The van der Waals surface area contributed by atoms with Crippen molar-refractivity contribution in [2.24, 2.45) is 0 Å². The second-order valence-electron chi connectivity index (χ2n) is 6.33. The van der Waals surface area contributed by atoms with Crippen molar-refractivity contribution in [3.8, 4) is 0 Å². The van der Waals surface area contributed by atoms with Crippen molar-refractivity contribution in [3.63, 3.8) is 0 Å². The first-order valence-electron chi connectivity index (χ1n) is 8.01. The highest BCUT2D eigenvalue weighted by atomic mass is 32.2. The fraction of sp³-hybridized carbons (Fsp3) is 0.278. The van der Waals surface area contributed by atoms with E-state index in [2.05, 4.69) is 0 Å². The third-order valence-corrected chi connectivity index (χ3v) is 6.66. The van der Waals surface area contributed by atoms with Crippen LogP contribution >= 0.6 is 0 Å². The third-order valence-electron chi connectivity index (χ3n) is 4.80. The van der Waals surface area contributed by atoms with Crippen LogP contribution in [-0.4, -0.2) is 31.8 Å². The summed E-state index contributed by atoms with van der Waals surface area (Å²) in [6.45, 7) is 0.399. The second-order valence-corrected chi connectivity index (χ2v) is 8.26. The molecule has 0 radical (unpaired) electrons. The molecule has 1 fully saturated rings. The van der Waals surface area contributed by atoms with Gasteiger partial charge in [-0.25, -0.2) is 17.6 Å². The summed E-state index contributed by atoms with van der Waals surface area (Å²) in [5.41, 5.74) is 0.279. The molecule has 2 aliphatic heterocycles. The number of benzene rings is 2. The summed E-state index contributed by atoms with van der Waals surface area (Å²) < 4.78 is 45.8. The van der Waals surface area contributed by atoms with Crippen molar-refractivity contribution in [1.82, 2.24) is 4.31 Å². The highest BCUT2D eigenvalue weighted by Crippen LogP contribution is 2.43. The van der Waals surface area contributed by atoms with Crippen molar-refractivity contribution in [1.29, 1.82) is 0 Å². The zero-order valence-corrected chi connectivity index (χ0v) is 14.1. The quantitative estimate of drug-likeness (QED) is 0.772. The number of piperidine rings is 1. The summed E-state index contributed by atoms with van der Waals surface area (Å²) in [6, 6.07) is 11.8. The summed E-state index contributed by atoms with van der Waals surface area (Å²) in [5.74, 6) is -0.913. The predicted octanol–water partition coefficient (Wildman–Crippen LogP) is 2.68. The van der Waals surface area contributed by atoms with Crippen molar-refractivity contribution in [2.75, 3.05) is 13.1 Å². The lowest BCUT2D eigenvalue weighted by Gasteiger charge is -2.38. The van der Waals surface area contributed by atoms with Crippen LogP contribution in [0.3, 0.4) is 0 Å². The molecule has 2 aliphatic rings. The van der Waals surface area contributed by atoms with E-state index in [1.165, 1.54) is 16.4 Å². The number of hydrogen-bond donors (Lipinski definition) is 0. The average Bonchev–Trinajstić information content (AvgIpc) is 2.88. The Morgan fingerprint density at radius 2 is 1.80 bits per heavy atom. The monoisotopic (exact) mass is 361 g/mol. The number of esters is 1. The van der Waals surface area contributed by atoms with Gasteiger partial charge in [0.05, 0.1) is 17.0 Å². The lowest BCUT2D eigenvalue weighted by molar-refractivity contribution is -0.0345. The summed E-state index contributed by atoms with van der Waals surface area (Å²) in [6.07, 6.45) is 1.15. The summed E-state index contributed by atoms with van der Waals surface area (Å²) in [5, 5.41) is 0. The molecule has 5 nitrogen and oxygen atoms in total. The summed E-state index contributed by atoms with van der Waals surface area (Å²) in [7, 11) is -3.79. The van der Waals surface area contributed by atoms with Crippen molar-refractivity contribution in [3.05, 3.63) is 65.5 Å². The van der Waals surface area contributed by atoms with Crippen LogP contribution in [-0.2, 0) is 20.4 Å². The molecule has 1 saturated heterocycles. The molecule has 1 unspecified atom stereocenters. The molecule has 1 atom stereocenters. The number of nitrogens with zero attached hydrogens (tertiary/aromatic N) is 1. The Kier molecular flexibility index (Phi) is 3.66. The van der Waals surface area contributed by atoms with E-state index in [0.717, 1.165) is 17.7 Å². The molecule has 7 heteroatoms. The third kappa shape index (κ3) is 2.54. The van der Waals surface area contributed by atoms with Crippen molar-refractivity contribution in [2.45, 2.75) is 23.3 Å². The molecule has 2 aromatic carbocycles. The summed E-state index contributed by atoms with van der Waals surface area (Å²) in [4.78, 5) is 12.2. The molecule has 1 spiro atoms. The van der Waals surface area contributed by atoms with Crippen LogP contribution in [0.4, 0.5) is 4.39 Å². The van der Waals surface area contributed by atoms with Crippen LogP contribution < -0.4 is 0 Å². The van der Waals surface area contributed by atoms with Gasteiger partial charge >= 0.3 is 5.97 Å². The van der Waals surface area contributed by atoms with Gasteiger partial charge in [-0.2, -0.15) is 4.31 Å². The lowest BCUT2D eigenvalue weighted by atomic mass is 9.86. The van der Waals surface area contributed by atoms with E-state index in [4.69, 9.17) is 4.74 Å². The van der Waals surface area contributed by atoms with Gasteiger partial charge in [-0.3, -0.25) is 0 Å². The number of carbonyl (C=O) groups is 1. The number of ether oxygens (including phenoxy) is 1. The zero-order chi connectivity index (χ0) is 17.7. The maximum atomic E-state index is 13.1. The first kappa shape index (κ1) is 16.2. The van der Waals surface area contributed by atoms with E-state index in [1.54, 1.807) is 12.1 Å². The Labute approximate surface area is 145 Å². The van der Waals surface area contributed by atoms with Gasteiger partial charge in [-0.15, -0.1) is 0 Å². The maximum Gasteiger partial charge on any atom is 0.339 e. The van der Waals surface area contributed by atoms with Crippen LogP contribution in [0.25, 0.3) is 0 Å². The van der Waals surface area contributed by atoms with Crippen LogP contribution in [0.15, 0.2) is 53.4 Å². The van der Waals surface area contributed by atoms with E-state index in [-0.39, 0.29) is 11.4 Å². The van der Waals surface area contributed by atoms with Gasteiger partial charge in [0.1, 0.15) is 5.82 Å². The molecular weight excluding hydrogens is 345 g/mol. The van der Waals surface area contributed by atoms with E-state index in [0.29, 0.717) is 24.9 Å². The van der Waals surface area contributed by atoms with Gasteiger partial charge in [0, 0.05) is 12.1 Å². The Hall–Kier alpha value is -2.25. The summed E-state index contributed by atoms with van der Waals surface area (Å²) >= 11 is 0. The zero-order valence-electron chi connectivity index (χ0n) is 13.3. The predicted molar refractivity (Wildman–Crippen MR) is 87.9 cm³/mol. The van der Waals surface area contributed by atoms with Crippen LogP contribution in [0.5, 0.6) is 0 Å². The van der Waals surface area contributed by atoms with Crippen molar-refractivity contribution >= 4 is 16.0 Å². The Morgan fingerprint density at radius 1 is 1.08 bits per heavy atom. The standard InChI is InChI=1S/C18H16FNO4S/c19-13-6-8-14(9-7-13)25(22,23)20-11-3-10-18(12-20)16-5-2-1-4-15(16)17(21)24-18/h1-2,4-9H,3,10-12H2. The minimum Gasteiger partial charge on any atom is -0.449 e. The molecule has 4 rings (SSSR count). The molecule has 0 aliphatic carbocycles. The highest BCUT2D eigenvalue weighted by molar-refractivity contribution is 7.89. The Balaban J connectivity index is 1.71. The average molecular weight is 361 g/mol. The SMILES string of the molecule is O=C1OC2(CCCN(S(=O)(=O)c3ccc(F)cc3)C2)c2ccccc21. The van der Waals surface area contributed by atoms with Crippen molar-refractivity contribution < 1.29 is 22.3 Å². The minimum absolute atomic E-state index is 0.0311. The molecular formula is C18H16FNO4S. The van der Waals surface area contributed by atoms with Gasteiger partial charge in [-0.1, -0.05) is 18.2 Å². The van der Waals surface area contributed by atoms with Crippen LogP contribution in [0, 0.1) is 5.82 Å². The lowest BCUT2D eigenvalue weighted by Crippen LogP contribution is -2.48. The van der Waals surface area contributed by atoms with E-state index in [1.807, 2.05) is 12.1 Å². The first-order valence-corrected chi connectivity index (χ1v) is 9.45. The fourth-order valence-corrected chi connectivity index (χ4v) is 5.12. The number of carbonyl (C=O) groups excluding carboxylic acids is 1. The van der Waals surface area contributed by atoms with Gasteiger partial charge in [0.15, 0.2) is 5.60 Å². The number of hydrogen-bond acceptors (Lipinski definition) is 4. The molecule has 0 bridgehead atoms. The van der Waals surface area contributed by atoms with E-state index in [9.17, 15) is 17.6 Å². The normalized spacial score (nSPS) is 23.5. The highest BCUT2D eigenvalue weighted by Gasteiger charge is 2.50. The molecule has 0 saturated carbocycles. The number of sulfonamides is 1. The van der Waals surface area contributed by atoms with E-state index >= 15 is 0 Å². The second kappa shape index (κ2) is 5.64. The topological polar surface area (TPSA) is 63.7 Å². The maximum absolute atomic E-state index is 13.1. The smallest absolute Gasteiger partial charge is 0.339 e. The molecule has 2 aromatic rings. The number of halogens is 1. The molecule has 0 amide bonds. The first-order chi connectivity index (χ1) is 11.9. The van der Waals surface area contributed by atoms with Gasteiger partial charge in [0.25, 0.3) is 0 Å². The molecule has 0 aromatic heterocycles. The number of rotatable bonds is 2. The molecule has 0 N–H and O–H groups in total. The minimum atomic E-state index is -3.79. The van der Waals surface area contributed by atoms with Crippen LogP contribution in [0.2, 0.25) is 0 Å². The largest absolute Gasteiger partial charge is 0.449 e. The molecule has 130 valence electrons. The van der Waals surface area contributed by atoms with Gasteiger partial charge in [0.2, 0.25) is 10.0 Å². The number of fused-ring (bicyclic) bond motifs is 2. The molecule has 2 heterocycles. The van der Waals surface area contributed by atoms with E-state index < -0.39 is 27.4 Å². The van der Waals surface area contributed by atoms with Crippen LogP contribution in [0.1, 0.15) is 28.8 Å². The van der Waals surface area contributed by atoms with Gasteiger partial charge in [-0.05, 0) is 43.2 Å². The van der Waals surface area contributed by atoms with Gasteiger partial charge < -0.3 is 4.74 Å². The Bertz CT molecular complexity index is 942.